The minimum Gasteiger partial charge on any atom is -0.375 e. The third-order valence-electron chi connectivity index (χ3n) is 4.98. The Labute approximate surface area is 168 Å². The smallest absolute Gasteiger partial charge is 0.137 e. The highest BCUT2D eigenvalue weighted by Crippen LogP contribution is 2.34. The van der Waals surface area contributed by atoms with Crippen molar-refractivity contribution in [3.05, 3.63) is 52.8 Å². The van der Waals surface area contributed by atoms with E-state index in [9.17, 15) is 0 Å². The summed E-state index contributed by atoms with van der Waals surface area (Å²) in [4.78, 5) is 8.16. The van der Waals surface area contributed by atoms with E-state index >= 15 is 0 Å². The lowest BCUT2D eigenvalue weighted by atomic mass is 10.1. The number of likely N-dealkylation sites (N-methyl/N-ethyl adjacent to an activating group) is 1. The molecule has 0 aliphatic carbocycles. The monoisotopic (exact) mass is 402 g/mol. The fourth-order valence-corrected chi connectivity index (χ4v) is 4.24. The lowest BCUT2D eigenvalue weighted by Gasteiger charge is -2.30. The summed E-state index contributed by atoms with van der Waals surface area (Å²) in [5.74, 6) is 0. The zero-order chi connectivity index (χ0) is 19.0. The number of hydrogen-bond donors (Lipinski definition) is 1. The number of fused-ring (bicyclic) bond motifs is 1. The molecule has 1 fully saturated rings. The fourth-order valence-electron chi connectivity index (χ4n) is 3.58. The molecule has 4 rings (SSSR count). The standard InChI is InChI=1S/C20H23ClN4OS/c1-13-5-6-25-18(10-14-12-24(2)7-8-26-14)20(23-19(25)9-13)16-4-3-15(27-22)11-17(16)21/h3-6,9,11,14H,7-8,10,12,22H2,1-2H3. The van der Waals surface area contributed by atoms with Gasteiger partial charge in [-0.1, -0.05) is 17.7 Å². The van der Waals surface area contributed by atoms with Gasteiger partial charge in [0.2, 0.25) is 0 Å². The van der Waals surface area contributed by atoms with E-state index in [-0.39, 0.29) is 6.10 Å². The molecule has 0 amide bonds. The maximum atomic E-state index is 6.58. The van der Waals surface area contributed by atoms with Crippen molar-refractivity contribution in [1.29, 1.82) is 0 Å². The van der Waals surface area contributed by atoms with Crippen molar-refractivity contribution in [2.45, 2.75) is 24.3 Å². The number of benzene rings is 1. The average Bonchev–Trinajstić information content (AvgIpc) is 2.98. The van der Waals surface area contributed by atoms with Crippen LogP contribution in [0.15, 0.2) is 41.4 Å². The number of morpholine rings is 1. The topological polar surface area (TPSA) is 55.8 Å². The van der Waals surface area contributed by atoms with Crippen LogP contribution in [0.5, 0.6) is 0 Å². The Morgan fingerprint density at radius 3 is 2.93 bits per heavy atom. The van der Waals surface area contributed by atoms with E-state index in [0.717, 1.165) is 53.6 Å². The van der Waals surface area contributed by atoms with Crippen molar-refractivity contribution >= 4 is 29.2 Å². The molecule has 2 aromatic heterocycles. The average molecular weight is 403 g/mol. The van der Waals surface area contributed by atoms with Crippen molar-refractivity contribution in [2.24, 2.45) is 5.14 Å². The first-order valence-corrected chi connectivity index (χ1v) is 10.3. The van der Waals surface area contributed by atoms with Gasteiger partial charge in [-0.3, -0.25) is 5.14 Å². The summed E-state index contributed by atoms with van der Waals surface area (Å²) in [6.45, 7) is 4.72. The number of nitrogens with two attached hydrogens (primary N) is 1. The summed E-state index contributed by atoms with van der Waals surface area (Å²) in [6, 6.07) is 10.1. The maximum absolute atomic E-state index is 6.58. The highest BCUT2D eigenvalue weighted by molar-refractivity contribution is 7.97. The molecular formula is C20H23ClN4OS. The van der Waals surface area contributed by atoms with Gasteiger partial charge in [0, 0.05) is 36.2 Å². The molecule has 1 atom stereocenters. The minimum atomic E-state index is 0.140. The number of pyridine rings is 1. The van der Waals surface area contributed by atoms with Gasteiger partial charge < -0.3 is 14.0 Å². The Kier molecular flexibility index (Phi) is 5.43. The van der Waals surface area contributed by atoms with Gasteiger partial charge in [-0.05, 0) is 55.7 Å². The molecular weight excluding hydrogens is 380 g/mol. The van der Waals surface area contributed by atoms with Crippen LogP contribution in [0.1, 0.15) is 11.3 Å². The van der Waals surface area contributed by atoms with E-state index in [4.69, 9.17) is 26.5 Å². The quantitative estimate of drug-likeness (QED) is 0.672. The predicted octanol–water partition coefficient (Wildman–Crippen LogP) is 3.80. The number of aryl methyl sites for hydroxylation is 1. The zero-order valence-electron chi connectivity index (χ0n) is 15.5. The molecule has 1 unspecified atom stereocenters. The number of ether oxygens (including phenoxy) is 1. The van der Waals surface area contributed by atoms with Crippen molar-refractivity contribution in [3.63, 3.8) is 0 Å². The van der Waals surface area contributed by atoms with E-state index in [0.29, 0.717) is 5.02 Å². The number of aromatic nitrogens is 2. The first-order valence-electron chi connectivity index (χ1n) is 8.99. The van der Waals surface area contributed by atoms with Crippen molar-refractivity contribution < 1.29 is 4.74 Å². The molecule has 0 bridgehead atoms. The third-order valence-corrected chi connectivity index (χ3v) is 5.81. The Bertz CT molecular complexity index is 974. The summed E-state index contributed by atoms with van der Waals surface area (Å²) in [6.07, 6.45) is 3.01. The molecule has 1 aliphatic heterocycles. The highest BCUT2D eigenvalue weighted by atomic mass is 35.5. The number of nitrogens with zero attached hydrogens (tertiary/aromatic N) is 3. The second kappa shape index (κ2) is 7.81. The molecule has 5 nitrogen and oxygen atoms in total. The van der Waals surface area contributed by atoms with E-state index < -0.39 is 0 Å². The van der Waals surface area contributed by atoms with Crippen LogP contribution in [0.3, 0.4) is 0 Å². The van der Waals surface area contributed by atoms with E-state index in [1.165, 1.54) is 17.5 Å². The van der Waals surface area contributed by atoms with Crippen LogP contribution in [-0.4, -0.2) is 47.1 Å². The lowest BCUT2D eigenvalue weighted by Crippen LogP contribution is -2.41. The largest absolute Gasteiger partial charge is 0.375 e. The summed E-state index contributed by atoms with van der Waals surface area (Å²) < 4.78 is 8.17. The molecule has 3 aromatic rings. The molecule has 7 heteroatoms. The number of hydrogen-bond acceptors (Lipinski definition) is 5. The van der Waals surface area contributed by atoms with Crippen LogP contribution in [-0.2, 0) is 11.2 Å². The van der Waals surface area contributed by atoms with E-state index in [1.807, 2.05) is 18.2 Å². The normalized spacial score (nSPS) is 18.3. The van der Waals surface area contributed by atoms with Crippen molar-refractivity contribution in [3.8, 4) is 11.3 Å². The molecule has 1 aromatic carbocycles. The van der Waals surface area contributed by atoms with Gasteiger partial charge >= 0.3 is 0 Å². The molecule has 1 aliphatic rings. The van der Waals surface area contributed by atoms with Gasteiger partial charge in [0.05, 0.1) is 29.1 Å². The summed E-state index contributed by atoms with van der Waals surface area (Å²) in [5.41, 5.74) is 5.07. The molecule has 3 heterocycles. The third kappa shape index (κ3) is 3.86. The fraction of sp³-hybridized carbons (Fsp3) is 0.350. The highest BCUT2D eigenvalue weighted by Gasteiger charge is 2.24. The Morgan fingerprint density at radius 2 is 2.19 bits per heavy atom. The van der Waals surface area contributed by atoms with Gasteiger partial charge in [0.25, 0.3) is 0 Å². The second-order valence-electron chi connectivity index (χ2n) is 7.06. The summed E-state index contributed by atoms with van der Waals surface area (Å²) in [7, 11) is 2.13. The van der Waals surface area contributed by atoms with Crippen molar-refractivity contribution in [1.82, 2.24) is 14.3 Å². The number of rotatable bonds is 4. The Hall–Kier alpha value is -1.57. The first-order chi connectivity index (χ1) is 13.0. The van der Waals surface area contributed by atoms with Crippen LogP contribution in [0.25, 0.3) is 16.9 Å². The molecule has 0 saturated carbocycles. The van der Waals surface area contributed by atoms with Crippen molar-refractivity contribution in [2.75, 3.05) is 26.7 Å². The molecule has 142 valence electrons. The van der Waals surface area contributed by atoms with Gasteiger partial charge in [0.15, 0.2) is 0 Å². The molecule has 27 heavy (non-hydrogen) atoms. The van der Waals surface area contributed by atoms with E-state index in [1.54, 1.807) is 0 Å². The molecule has 0 spiro atoms. The minimum absolute atomic E-state index is 0.140. The summed E-state index contributed by atoms with van der Waals surface area (Å²) >= 11 is 7.77. The molecule has 1 saturated heterocycles. The predicted molar refractivity (Wildman–Crippen MR) is 111 cm³/mol. The molecule has 0 radical (unpaired) electrons. The number of imidazole rings is 1. The number of halogens is 1. The van der Waals surface area contributed by atoms with Crippen LogP contribution < -0.4 is 5.14 Å². The zero-order valence-corrected chi connectivity index (χ0v) is 17.1. The SMILES string of the molecule is Cc1ccn2c(CC3CN(C)CCO3)c(-c3ccc(SN)cc3Cl)nc2c1. The van der Waals surface area contributed by atoms with Crippen LogP contribution in [0, 0.1) is 6.92 Å². The van der Waals surface area contributed by atoms with Gasteiger partial charge in [-0.25, -0.2) is 4.98 Å². The summed E-state index contributed by atoms with van der Waals surface area (Å²) in [5, 5.41) is 6.33. The lowest BCUT2D eigenvalue weighted by molar-refractivity contribution is -0.0190. The van der Waals surface area contributed by atoms with Gasteiger partial charge in [-0.15, -0.1) is 0 Å². The Morgan fingerprint density at radius 1 is 1.33 bits per heavy atom. The maximum Gasteiger partial charge on any atom is 0.137 e. The Balaban J connectivity index is 1.81. The van der Waals surface area contributed by atoms with Crippen LogP contribution >= 0.6 is 23.5 Å². The van der Waals surface area contributed by atoms with Gasteiger partial charge in [-0.2, -0.15) is 0 Å². The van der Waals surface area contributed by atoms with E-state index in [2.05, 4.69) is 41.6 Å². The second-order valence-corrected chi connectivity index (χ2v) is 8.17. The van der Waals surface area contributed by atoms with Gasteiger partial charge in [0.1, 0.15) is 5.65 Å². The van der Waals surface area contributed by atoms with Crippen LogP contribution in [0.4, 0.5) is 0 Å². The van der Waals surface area contributed by atoms with Crippen LogP contribution in [0.2, 0.25) is 5.02 Å². The molecule has 2 N–H and O–H groups in total. The first kappa shape index (κ1) is 18.8.